The van der Waals surface area contributed by atoms with Gasteiger partial charge in [-0.15, -0.1) is 10.1 Å². The van der Waals surface area contributed by atoms with Crippen LogP contribution in [0.3, 0.4) is 0 Å². The van der Waals surface area contributed by atoms with E-state index in [4.69, 9.17) is 9.47 Å². The van der Waals surface area contributed by atoms with Crippen LogP contribution < -0.4 is 4.74 Å². The topological polar surface area (TPSA) is 114 Å². The lowest BCUT2D eigenvalue weighted by molar-refractivity contribution is -0.757. The highest BCUT2D eigenvalue weighted by atomic mass is 19.4. The van der Waals surface area contributed by atoms with Gasteiger partial charge in [0.25, 0.3) is 5.09 Å². The molecule has 0 radical (unpaired) electrons. The molecule has 0 N–H and O–H groups in total. The first-order chi connectivity index (χ1) is 13.9. The number of hydrogen-bond acceptors (Lipinski definition) is 8. The quantitative estimate of drug-likeness (QED) is 0.279. The van der Waals surface area contributed by atoms with Gasteiger partial charge in [-0.05, 0) is 31.6 Å². The van der Waals surface area contributed by atoms with Gasteiger partial charge in [-0.2, -0.15) is 13.2 Å². The van der Waals surface area contributed by atoms with E-state index >= 15 is 0 Å². The summed E-state index contributed by atoms with van der Waals surface area (Å²) in [5, 5.41) is 8.91. The van der Waals surface area contributed by atoms with Crippen LogP contribution in [0.1, 0.15) is 30.0 Å². The molecule has 2 rings (SSSR count). The lowest BCUT2D eigenvalue weighted by Gasteiger charge is -2.29. The molecule has 0 amide bonds. The molecule has 0 spiro atoms. The maximum atomic E-state index is 13.5. The Morgan fingerprint density at radius 2 is 1.93 bits per heavy atom. The van der Waals surface area contributed by atoms with Crippen molar-refractivity contribution in [1.29, 1.82) is 0 Å². The minimum absolute atomic E-state index is 0.00439. The van der Waals surface area contributed by atoms with E-state index in [-0.39, 0.29) is 11.3 Å². The van der Waals surface area contributed by atoms with E-state index in [9.17, 15) is 32.9 Å². The van der Waals surface area contributed by atoms with Crippen LogP contribution in [0.5, 0.6) is 5.75 Å². The monoisotopic (exact) mass is 433 g/mol. The lowest BCUT2D eigenvalue weighted by Crippen LogP contribution is -2.41. The summed E-state index contributed by atoms with van der Waals surface area (Å²) in [7, 11) is 0. The third kappa shape index (κ3) is 5.84. The Labute approximate surface area is 168 Å². The van der Waals surface area contributed by atoms with E-state index in [1.807, 2.05) is 0 Å². The van der Waals surface area contributed by atoms with Gasteiger partial charge >= 0.3 is 18.1 Å². The summed E-state index contributed by atoms with van der Waals surface area (Å²) < 4.78 is 55.0. The van der Waals surface area contributed by atoms with E-state index in [0.29, 0.717) is 5.56 Å². The number of fused-ring (bicyclic) bond motifs is 1. The smallest absolute Gasteiger partial charge is 0.430 e. The first-order valence-electron chi connectivity index (χ1n) is 8.62. The van der Waals surface area contributed by atoms with Crippen LogP contribution >= 0.6 is 0 Å². The molecule has 0 saturated carbocycles. The number of alkyl halides is 3. The van der Waals surface area contributed by atoms with Crippen LogP contribution in [0.4, 0.5) is 13.2 Å². The molecule has 1 heterocycles. The Kier molecular flexibility index (Phi) is 6.90. The minimum atomic E-state index is -4.90. The van der Waals surface area contributed by atoms with Crippen molar-refractivity contribution in [3.8, 4) is 5.75 Å². The van der Waals surface area contributed by atoms with Gasteiger partial charge in [0.2, 0.25) is 12.4 Å². The zero-order chi connectivity index (χ0) is 22.6. The normalized spacial score (nSPS) is 16.5. The molecule has 30 heavy (non-hydrogen) atoms. The molecule has 12 heteroatoms. The first-order valence-corrected chi connectivity index (χ1v) is 8.62. The SMILES string of the molecule is Cc1cc(C)c2c(c1)C=C(C(=O)OC(C)OC(=O)CCO[N+](=O)[O-])[C@@H](C(F)(F)F)O2. The van der Waals surface area contributed by atoms with Gasteiger partial charge in [-0.3, -0.25) is 4.79 Å². The van der Waals surface area contributed by atoms with Gasteiger partial charge in [0.15, 0.2) is 0 Å². The van der Waals surface area contributed by atoms with E-state index in [1.165, 1.54) is 0 Å². The fraction of sp³-hybridized carbons (Fsp3) is 0.444. The minimum Gasteiger partial charge on any atom is -0.475 e. The summed E-state index contributed by atoms with van der Waals surface area (Å²) in [6, 6.07) is 3.20. The van der Waals surface area contributed by atoms with Crippen LogP contribution in [-0.2, 0) is 23.9 Å². The average molecular weight is 433 g/mol. The summed E-state index contributed by atoms with van der Waals surface area (Å²) in [4.78, 5) is 37.8. The van der Waals surface area contributed by atoms with Crippen LogP contribution in [-0.4, -0.2) is 42.2 Å². The number of carbonyl (C=O) groups excluding carboxylic acids is 2. The van der Waals surface area contributed by atoms with Crippen molar-refractivity contribution < 1.29 is 46.9 Å². The number of esters is 2. The molecular weight excluding hydrogens is 415 g/mol. The zero-order valence-corrected chi connectivity index (χ0v) is 16.1. The highest BCUT2D eigenvalue weighted by Crippen LogP contribution is 2.39. The van der Waals surface area contributed by atoms with E-state index < -0.39 is 54.2 Å². The van der Waals surface area contributed by atoms with Gasteiger partial charge in [-0.25, -0.2) is 4.79 Å². The van der Waals surface area contributed by atoms with E-state index in [1.54, 1.807) is 26.0 Å². The van der Waals surface area contributed by atoms with Crippen molar-refractivity contribution in [3.63, 3.8) is 0 Å². The Morgan fingerprint density at radius 1 is 1.27 bits per heavy atom. The Bertz CT molecular complexity index is 881. The van der Waals surface area contributed by atoms with Gasteiger partial charge in [0, 0.05) is 12.5 Å². The second-order valence-electron chi connectivity index (χ2n) is 6.41. The molecule has 2 atom stereocenters. The number of halogens is 3. The molecule has 1 aromatic carbocycles. The molecule has 1 unspecified atom stereocenters. The van der Waals surface area contributed by atoms with Crippen molar-refractivity contribution >= 4 is 18.0 Å². The number of rotatable bonds is 7. The van der Waals surface area contributed by atoms with Crippen molar-refractivity contribution in [1.82, 2.24) is 0 Å². The molecule has 0 aliphatic carbocycles. The molecule has 1 aliphatic heterocycles. The van der Waals surface area contributed by atoms with Crippen molar-refractivity contribution in [2.24, 2.45) is 0 Å². The Balaban J connectivity index is 2.15. The third-order valence-electron chi connectivity index (χ3n) is 3.88. The second kappa shape index (κ2) is 9.01. The van der Waals surface area contributed by atoms with Gasteiger partial charge in [0.05, 0.1) is 12.0 Å². The molecule has 0 fully saturated rings. The van der Waals surface area contributed by atoms with Crippen molar-refractivity contribution in [2.75, 3.05) is 6.61 Å². The van der Waals surface area contributed by atoms with E-state index in [0.717, 1.165) is 18.6 Å². The summed E-state index contributed by atoms with van der Waals surface area (Å²) >= 11 is 0. The number of ether oxygens (including phenoxy) is 3. The van der Waals surface area contributed by atoms with Gasteiger partial charge < -0.3 is 19.0 Å². The van der Waals surface area contributed by atoms with Crippen LogP contribution in [0.25, 0.3) is 6.08 Å². The maximum Gasteiger partial charge on any atom is 0.430 e. The summed E-state index contributed by atoms with van der Waals surface area (Å²) in [5.74, 6) is -2.39. The molecular formula is C18H18F3NO8. The average Bonchev–Trinajstić information content (AvgIpc) is 2.59. The molecule has 0 bridgehead atoms. The molecule has 1 aliphatic rings. The molecule has 0 aromatic heterocycles. The van der Waals surface area contributed by atoms with Crippen LogP contribution in [0.15, 0.2) is 17.7 Å². The van der Waals surface area contributed by atoms with E-state index in [2.05, 4.69) is 9.57 Å². The predicted octanol–water partition coefficient (Wildman–Crippen LogP) is 3.04. The fourth-order valence-corrected chi connectivity index (χ4v) is 2.78. The highest BCUT2D eigenvalue weighted by Gasteiger charge is 2.49. The maximum absolute atomic E-state index is 13.5. The highest BCUT2D eigenvalue weighted by molar-refractivity contribution is 5.96. The lowest BCUT2D eigenvalue weighted by atomic mass is 9.97. The molecule has 1 aromatic rings. The number of hydrogen-bond donors (Lipinski definition) is 0. The summed E-state index contributed by atoms with van der Waals surface area (Å²) in [5.41, 5.74) is 0.701. The Hall–Kier alpha value is -3.31. The van der Waals surface area contributed by atoms with Crippen LogP contribution in [0, 0.1) is 24.0 Å². The summed E-state index contributed by atoms with van der Waals surface area (Å²) in [6.07, 6.45) is -8.50. The standard InChI is InChI=1S/C18H18F3NO8/c1-9-6-10(2)15-12(7-9)8-13(16(30-15)18(19,20)21)17(24)29-11(3)28-14(23)4-5-27-22(25)26/h6-8,11,16H,4-5H2,1-3H3/t11?,16-/m0/s1. The van der Waals surface area contributed by atoms with Gasteiger partial charge in [0.1, 0.15) is 12.4 Å². The fourth-order valence-electron chi connectivity index (χ4n) is 2.78. The number of benzene rings is 1. The second-order valence-corrected chi connectivity index (χ2v) is 6.41. The first kappa shape index (κ1) is 23.0. The van der Waals surface area contributed by atoms with Crippen LogP contribution in [0.2, 0.25) is 0 Å². The molecule has 164 valence electrons. The molecule has 9 nitrogen and oxygen atoms in total. The zero-order valence-electron chi connectivity index (χ0n) is 16.1. The largest absolute Gasteiger partial charge is 0.475 e. The number of carbonyl (C=O) groups is 2. The number of aryl methyl sites for hydroxylation is 2. The third-order valence-corrected chi connectivity index (χ3v) is 3.88. The Morgan fingerprint density at radius 3 is 2.53 bits per heavy atom. The number of nitrogens with zero attached hydrogens (tertiary/aromatic N) is 1. The van der Waals surface area contributed by atoms with Crippen molar-refractivity contribution in [2.45, 2.75) is 45.8 Å². The van der Waals surface area contributed by atoms with Crippen molar-refractivity contribution in [3.05, 3.63) is 44.5 Å². The molecule has 0 saturated heterocycles. The summed E-state index contributed by atoms with van der Waals surface area (Å²) in [6.45, 7) is 3.84. The van der Waals surface area contributed by atoms with Gasteiger partial charge in [-0.1, -0.05) is 11.6 Å². The predicted molar refractivity (Wildman–Crippen MR) is 93.6 cm³/mol.